The summed E-state index contributed by atoms with van der Waals surface area (Å²) >= 11 is 0. The number of ether oxygens (including phenoxy) is 3. The molecule has 0 amide bonds. The molecule has 4 aromatic rings. The SMILES string of the molecule is COC1=CCC=C(n2nc(C[C@H](C(=O)O)c3cccc4ccccc34)cc2-c2ccc3c(c2)OCO3)C=C1. The van der Waals surface area contributed by atoms with Crippen LogP contribution in [0.5, 0.6) is 11.5 Å². The molecular formula is C31H26N2O5. The van der Waals surface area contributed by atoms with Crippen molar-refractivity contribution in [2.75, 3.05) is 13.9 Å². The van der Waals surface area contributed by atoms with Gasteiger partial charge >= 0.3 is 5.97 Å². The highest BCUT2D eigenvalue weighted by atomic mass is 16.7. The normalized spacial score (nSPS) is 15.1. The summed E-state index contributed by atoms with van der Waals surface area (Å²) in [6, 6.07) is 21.4. The number of aliphatic carboxylic acids is 1. The first kappa shape index (κ1) is 23.6. The largest absolute Gasteiger partial charge is 0.497 e. The first-order valence-corrected chi connectivity index (χ1v) is 12.4. The molecule has 0 saturated heterocycles. The number of nitrogens with zero attached hydrogens (tertiary/aromatic N) is 2. The molecule has 38 heavy (non-hydrogen) atoms. The van der Waals surface area contributed by atoms with E-state index >= 15 is 0 Å². The summed E-state index contributed by atoms with van der Waals surface area (Å²) < 4.78 is 18.4. The van der Waals surface area contributed by atoms with Gasteiger partial charge in [0.05, 0.1) is 30.1 Å². The van der Waals surface area contributed by atoms with E-state index in [4.69, 9.17) is 19.3 Å². The number of carbonyl (C=O) groups is 1. The van der Waals surface area contributed by atoms with Gasteiger partial charge in [-0.15, -0.1) is 0 Å². The molecule has 1 aliphatic heterocycles. The van der Waals surface area contributed by atoms with Gasteiger partial charge in [0.2, 0.25) is 6.79 Å². The third-order valence-corrected chi connectivity index (χ3v) is 6.88. The van der Waals surface area contributed by atoms with Gasteiger partial charge in [0, 0.05) is 12.0 Å². The van der Waals surface area contributed by atoms with E-state index in [1.807, 2.05) is 89.6 Å². The quantitative estimate of drug-likeness (QED) is 0.323. The number of benzene rings is 3. The summed E-state index contributed by atoms with van der Waals surface area (Å²) in [6.45, 7) is 0.188. The summed E-state index contributed by atoms with van der Waals surface area (Å²) in [7, 11) is 1.64. The second-order valence-corrected chi connectivity index (χ2v) is 9.17. The fourth-order valence-electron chi connectivity index (χ4n) is 4.99. The Kier molecular flexibility index (Phi) is 6.17. The molecule has 0 fully saturated rings. The number of carboxylic acids is 1. The number of aromatic nitrogens is 2. The summed E-state index contributed by atoms with van der Waals surface area (Å²) in [4.78, 5) is 12.5. The third-order valence-electron chi connectivity index (χ3n) is 6.88. The van der Waals surface area contributed by atoms with E-state index in [9.17, 15) is 9.90 Å². The minimum absolute atomic E-state index is 0.188. The summed E-state index contributed by atoms with van der Waals surface area (Å²) in [5.41, 5.74) is 4.04. The fraction of sp³-hybridized carbons (Fsp3) is 0.161. The zero-order valence-electron chi connectivity index (χ0n) is 20.8. The van der Waals surface area contributed by atoms with Gasteiger partial charge in [0.1, 0.15) is 5.76 Å². The van der Waals surface area contributed by atoms with Crippen molar-refractivity contribution < 1.29 is 24.1 Å². The Bertz CT molecular complexity index is 1620. The molecule has 6 rings (SSSR count). The van der Waals surface area contributed by atoms with Gasteiger partial charge in [-0.3, -0.25) is 4.79 Å². The van der Waals surface area contributed by atoms with Crippen LogP contribution in [0.3, 0.4) is 0 Å². The molecule has 0 spiro atoms. The minimum Gasteiger partial charge on any atom is -0.497 e. The van der Waals surface area contributed by atoms with E-state index in [1.54, 1.807) is 7.11 Å². The zero-order chi connectivity index (χ0) is 26.1. The Morgan fingerprint density at radius 3 is 2.74 bits per heavy atom. The highest BCUT2D eigenvalue weighted by Crippen LogP contribution is 2.37. The second kappa shape index (κ2) is 9.94. The van der Waals surface area contributed by atoms with Crippen molar-refractivity contribution in [3.05, 3.63) is 108 Å². The van der Waals surface area contributed by atoms with Crippen LogP contribution >= 0.6 is 0 Å². The van der Waals surface area contributed by atoms with Crippen LogP contribution < -0.4 is 9.47 Å². The maximum atomic E-state index is 12.5. The number of carboxylic acid groups (broad SMARTS) is 1. The maximum Gasteiger partial charge on any atom is 0.311 e. The molecule has 0 radical (unpaired) electrons. The molecular weight excluding hydrogens is 480 g/mol. The van der Waals surface area contributed by atoms with Gasteiger partial charge in [-0.25, -0.2) is 4.68 Å². The van der Waals surface area contributed by atoms with Gasteiger partial charge in [0.15, 0.2) is 11.5 Å². The van der Waals surface area contributed by atoms with E-state index < -0.39 is 11.9 Å². The number of fused-ring (bicyclic) bond motifs is 2. The van der Waals surface area contributed by atoms with Crippen molar-refractivity contribution in [2.45, 2.75) is 18.8 Å². The molecule has 0 unspecified atom stereocenters. The summed E-state index contributed by atoms with van der Waals surface area (Å²) in [6.07, 6.45) is 8.83. The number of methoxy groups -OCH3 is 1. The molecule has 2 aliphatic rings. The van der Waals surface area contributed by atoms with E-state index in [1.165, 1.54) is 0 Å². The lowest BCUT2D eigenvalue weighted by molar-refractivity contribution is -0.138. The number of hydrogen-bond acceptors (Lipinski definition) is 5. The number of rotatable bonds is 7. The number of hydrogen-bond donors (Lipinski definition) is 1. The standard InChI is InChI=1S/C31H26N2O5/c1-36-24-9-5-8-23(13-14-24)33-28(21-12-15-29-30(16-21)38-19-37-29)18-22(32-33)17-27(31(34)35)26-11-4-7-20-6-2-3-10-25(20)26/h2-4,6-16,18,27H,5,17,19H2,1H3,(H,34,35)/t27-/m0/s1. The Balaban J connectivity index is 1.43. The molecule has 0 saturated carbocycles. The Morgan fingerprint density at radius 2 is 1.87 bits per heavy atom. The first-order valence-electron chi connectivity index (χ1n) is 12.4. The van der Waals surface area contributed by atoms with Crippen LogP contribution in [-0.4, -0.2) is 34.8 Å². The van der Waals surface area contributed by atoms with Crippen molar-refractivity contribution in [1.29, 1.82) is 0 Å². The van der Waals surface area contributed by atoms with Crippen molar-refractivity contribution in [1.82, 2.24) is 9.78 Å². The molecule has 190 valence electrons. The molecule has 1 aliphatic carbocycles. The van der Waals surface area contributed by atoms with E-state index in [2.05, 4.69) is 6.08 Å². The highest BCUT2D eigenvalue weighted by molar-refractivity contribution is 5.91. The molecule has 7 heteroatoms. The van der Waals surface area contributed by atoms with Gasteiger partial charge in [-0.1, -0.05) is 48.5 Å². The highest BCUT2D eigenvalue weighted by Gasteiger charge is 2.25. The van der Waals surface area contributed by atoms with Gasteiger partial charge in [0.25, 0.3) is 0 Å². The van der Waals surface area contributed by atoms with Gasteiger partial charge in [-0.2, -0.15) is 5.10 Å². The topological polar surface area (TPSA) is 82.8 Å². The lowest BCUT2D eigenvalue weighted by atomic mass is 9.90. The Hall–Kier alpha value is -4.78. The van der Waals surface area contributed by atoms with Crippen LogP contribution in [0, 0.1) is 0 Å². The van der Waals surface area contributed by atoms with Gasteiger partial charge in [-0.05, 0) is 65.3 Å². The van der Waals surface area contributed by atoms with Crippen molar-refractivity contribution in [2.24, 2.45) is 0 Å². The zero-order valence-corrected chi connectivity index (χ0v) is 20.8. The van der Waals surface area contributed by atoms with Crippen molar-refractivity contribution in [3.63, 3.8) is 0 Å². The minimum atomic E-state index is -0.886. The first-order chi connectivity index (χ1) is 18.6. The molecule has 0 bridgehead atoms. The van der Waals surface area contributed by atoms with E-state index in [0.717, 1.165) is 39.0 Å². The van der Waals surface area contributed by atoms with E-state index in [-0.39, 0.29) is 13.2 Å². The molecule has 1 atom stereocenters. The van der Waals surface area contributed by atoms with Crippen molar-refractivity contribution in [3.8, 4) is 22.8 Å². The third kappa shape index (κ3) is 4.43. The predicted octanol–water partition coefficient (Wildman–Crippen LogP) is 6.17. The van der Waals surface area contributed by atoms with Crippen LogP contribution in [0.1, 0.15) is 23.6 Å². The lowest BCUT2D eigenvalue weighted by Crippen LogP contribution is -2.15. The average Bonchev–Trinajstić information content (AvgIpc) is 3.51. The fourth-order valence-corrected chi connectivity index (χ4v) is 4.99. The molecule has 2 heterocycles. The number of allylic oxidation sites excluding steroid dienone is 5. The average molecular weight is 507 g/mol. The van der Waals surface area contributed by atoms with Gasteiger partial charge < -0.3 is 19.3 Å². The Labute approximate surface area is 219 Å². The maximum absolute atomic E-state index is 12.5. The lowest BCUT2D eigenvalue weighted by Gasteiger charge is -2.14. The van der Waals surface area contributed by atoms with Crippen molar-refractivity contribution >= 4 is 22.4 Å². The van der Waals surface area contributed by atoms with Crippen LogP contribution in [0.4, 0.5) is 0 Å². The van der Waals surface area contributed by atoms with Crippen LogP contribution in [0.25, 0.3) is 27.7 Å². The Morgan fingerprint density at radius 1 is 1.03 bits per heavy atom. The second-order valence-electron chi connectivity index (χ2n) is 9.17. The monoisotopic (exact) mass is 506 g/mol. The molecule has 3 aromatic carbocycles. The van der Waals surface area contributed by atoms with Crippen LogP contribution in [0.2, 0.25) is 0 Å². The summed E-state index contributed by atoms with van der Waals surface area (Å²) in [5.74, 6) is 0.502. The molecule has 1 aromatic heterocycles. The van der Waals surface area contributed by atoms with E-state index in [0.29, 0.717) is 23.6 Å². The molecule has 7 nitrogen and oxygen atoms in total. The van der Waals surface area contributed by atoms with Crippen LogP contribution in [0.15, 0.2) is 96.8 Å². The predicted molar refractivity (Wildman–Crippen MR) is 145 cm³/mol. The molecule has 1 N–H and O–H groups in total. The van der Waals surface area contributed by atoms with Crippen LogP contribution in [-0.2, 0) is 16.0 Å². The summed E-state index contributed by atoms with van der Waals surface area (Å²) in [5, 5.41) is 17.1. The smallest absolute Gasteiger partial charge is 0.311 e.